The van der Waals surface area contributed by atoms with Crippen molar-refractivity contribution in [2.24, 2.45) is 11.8 Å². The van der Waals surface area contributed by atoms with Crippen LogP contribution >= 0.6 is 0 Å². The molecule has 1 aliphatic carbocycles. The van der Waals surface area contributed by atoms with E-state index in [9.17, 15) is 9.18 Å². The van der Waals surface area contributed by atoms with Gasteiger partial charge in [0.15, 0.2) is 0 Å². The first-order valence-corrected chi connectivity index (χ1v) is 8.70. The topological polar surface area (TPSA) is 101 Å². The van der Waals surface area contributed by atoms with Crippen molar-refractivity contribution in [2.45, 2.75) is 13.3 Å². The van der Waals surface area contributed by atoms with E-state index < -0.39 is 5.95 Å². The normalized spacial score (nSPS) is 18.5. The molecule has 0 aliphatic heterocycles. The van der Waals surface area contributed by atoms with Gasteiger partial charge in [-0.3, -0.25) is 9.78 Å². The van der Waals surface area contributed by atoms with Gasteiger partial charge in [-0.15, -0.1) is 0 Å². The van der Waals surface area contributed by atoms with E-state index in [2.05, 4.69) is 15.3 Å². The number of aliphatic hydroxyl groups excluding tert-OH is 1. The number of carbonyl (C=O) groups excluding carboxylic acids is 1. The standard InChI is InChI=1S/C20H19FN4O2/c1-10-2-3-23-8-15(10)11-4-12-7-17(24-19(21)18(12)16(22)6-11)25-20(27)14-5-13(14)9-26/h2-4,6-8,13-14,26H,5,9,22H2,1H3,(H,24,25,27)/t13-,14-/m1/s1. The molecule has 1 amide bonds. The first-order valence-electron chi connectivity index (χ1n) is 8.70. The molecule has 1 aromatic carbocycles. The van der Waals surface area contributed by atoms with Crippen LogP contribution in [0.1, 0.15) is 12.0 Å². The summed E-state index contributed by atoms with van der Waals surface area (Å²) in [6.45, 7) is 1.94. The number of fused-ring (bicyclic) bond motifs is 1. The number of aromatic nitrogens is 2. The van der Waals surface area contributed by atoms with Crippen molar-refractivity contribution in [3.8, 4) is 11.1 Å². The number of anilines is 2. The third-order valence-corrected chi connectivity index (χ3v) is 5.01. The second kappa shape index (κ2) is 6.59. The van der Waals surface area contributed by atoms with Gasteiger partial charge in [0.2, 0.25) is 11.9 Å². The van der Waals surface area contributed by atoms with Crippen LogP contribution in [0.25, 0.3) is 21.9 Å². The molecule has 3 aromatic rings. The van der Waals surface area contributed by atoms with Gasteiger partial charge in [-0.05, 0) is 60.0 Å². The first kappa shape index (κ1) is 17.4. The number of benzene rings is 1. The van der Waals surface area contributed by atoms with Crippen LogP contribution < -0.4 is 11.1 Å². The largest absolute Gasteiger partial charge is 0.398 e. The zero-order chi connectivity index (χ0) is 19.1. The van der Waals surface area contributed by atoms with Crippen molar-refractivity contribution >= 4 is 28.2 Å². The second-order valence-electron chi connectivity index (χ2n) is 6.93. The number of carbonyl (C=O) groups is 1. The molecular weight excluding hydrogens is 347 g/mol. The van der Waals surface area contributed by atoms with Crippen molar-refractivity contribution in [1.29, 1.82) is 0 Å². The second-order valence-corrected chi connectivity index (χ2v) is 6.93. The number of nitrogens with zero attached hydrogens (tertiary/aromatic N) is 2. The Morgan fingerprint density at radius 2 is 2.22 bits per heavy atom. The van der Waals surface area contributed by atoms with Gasteiger partial charge in [0, 0.05) is 36.2 Å². The molecule has 27 heavy (non-hydrogen) atoms. The molecule has 2 atom stereocenters. The highest BCUT2D eigenvalue weighted by Gasteiger charge is 2.42. The number of nitrogens with two attached hydrogens (primary N) is 1. The maximum atomic E-state index is 14.5. The van der Waals surface area contributed by atoms with Crippen molar-refractivity contribution < 1.29 is 14.3 Å². The van der Waals surface area contributed by atoms with Crippen molar-refractivity contribution in [1.82, 2.24) is 9.97 Å². The molecule has 0 radical (unpaired) electrons. The molecule has 138 valence electrons. The first-order chi connectivity index (χ1) is 13.0. The molecule has 4 rings (SSSR count). The Kier molecular flexibility index (Phi) is 4.24. The Bertz CT molecular complexity index is 1050. The minimum absolute atomic E-state index is 0.0221. The molecule has 4 N–H and O–H groups in total. The van der Waals surface area contributed by atoms with Crippen molar-refractivity contribution in [3.05, 3.63) is 48.2 Å². The summed E-state index contributed by atoms with van der Waals surface area (Å²) in [5.41, 5.74) is 9.09. The number of hydrogen-bond donors (Lipinski definition) is 3. The number of nitrogens with one attached hydrogen (secondary N) is 1. The van der Waals surface area contributed by atoms with Gasteiger partial charge < -0.3 is 16.2 Å². The van der Waals surface area contributed by atoms with E-state index in [1.165, 1.54) is 0 Å². The van der Waals surface area contributed by atoms with E-state index in [-0.39, 0.29) is 41.2 Å². The highest BCUT2D eigenvalue weighted by molar-refractivity contribution is 6.00. The van der Waals surface area contributed by atoms with E-state index >= 15 is 0 Å². The Hall–Kier alpha value is -3.06. The lowest BCUT2D eigenvalue weighted by Crippen LogP contribution is -2.16. The molecule has 1 fully saturated rings. The van der Waals surface area contributed by atoms with Crippen LogP contribution in [0.3, 0.4) is 0 Å². The Balaban J connectivity index is 1.74. The molecule has 0 unspecified atom stereocenters. The van der Waals surface area contributed by atoms with Crippen LogP contribution in [0.15, 0.2) is 36.7 Å². The molecule has 2 aromatic heterocycles. The SMILES string of the molecule is Cc1ccncc1-c1cc(N)c2c(F)nc(NC(=O)[C@@H]3C[C@@H]3CO)cc2c1. The summed E-state index contributed by atoms with van der Waals surface area (Å²) in [7, 11) is 0. The average Bonchev–Trinajstić information content (AvgIpc) is 3.41. The fourth-order valence-electron chi connectivity index (χ4n) is 3.36. The molecule has 7 heteroatoms. The summed E-state index contributed by atoms with van der Waals surface area (Å²) in [5.74, 6) is -1.12. The van der Waals surface area contributed by atoms with Crippen LogP contribution in [0.2, 0.25) is 0 Å². The number of nitrogen functional groups attached to an aromatic ring is 1. The monoisotopic (exact) mass is 366 g/mol. The van der Waals surface area contributed by atoms with Gasteiger partial charge in [-0.2, -0.15) is 4.39 Å². The number of amides is 1. The maximum absolute atomic E-state index is 14.5. The van der Waals surface area contributed by atoms with Gasteiger partial charge in [0.1, 0.15) is 5.82 Å². The van der Waals surface area contributed by atoms with Crippen LogP contribution in [0.5, 0.6) is 0 Å². The number of aryl methyl sites for hydroxylation is 1. The number of hydrogen-bond acceptors (Lipinski definition) is 5. The zero-order valence-corrected chi connectivity index (χ0v) is 14.7. The molecule has 0 bridgehead atoms. The summed E-state index contributed by atoms with van der Waals surface area (Å²) in [6.07, 6.45) is 4.08. The summed E-state index contributed by atoms with van der Waals surface area (Å²) in [6, 6.07) is 7.01. The smallest absolute Gasteiger partial charge is 0.229 e. The highest BCUT2D eigenvalue weighted by Crippen LogP contribution is 2.39. The Morgan fingerprint density at radius 3 is 2.93 bits per heavy atom. The number of pyridine rings is 2. The quantitative estimate of drug-likeness (QED) is 0.487. The maximum Gasteiger partial charge on any atom is 0.229 e. The van der Waals surface area contributed by atoms with E-state index in [0.29, 0.717) is 11.8 Å². The minimum Gasteiger partial charge on any atom is -0.398 e. The minimum atomic E-state index is -0.732. The number of halogens is 1. The number of rotatable bonds is 4. The molecule has 6 nitrogen and oxygen atoms in total. The van der Waals surface area contributed by atoms with Crippen LogP contribution in [0.4, 0.5) is 15.9 Å². The number of aliphatic hydroxyl groups is 1. The predicted octanol–water partition coefficient (Wildman–Crippen LogP) is 2.89. The van der Waals surface area contributed by atoms with E-state index in [4.69, 9.17) is 10.8 Å². The third kappa shape index (κ3) is 3.21. The lowest BCUT2D eigenvalue weighted by atomic mass is 9.99. The van der Waals surface area contributed by atoms with Gasteiger partial charge >= 0.3 is 0 Å². The molecule has 0 spiro atoms. The van der Waals surface area contributed by atoms with E-state index in [1.807, 2.05) is 19.1 Å². The van der Waals surface area contributed by atoms with Gasteiger partial charge in [0.05, 0.1) is 5.39 Å². The molecule has 1 saturated carbocycles. The summed E-state index contributed by atoms with van der Waals surface area (Å²) in [5, 5.41) is 12.5. The highest BCUT2D eigenvalue weighted by atomic mass is 19.1. The molecule has 2 heterocycles. The Morgan fingerprint density at radius 1 is 1.41 bits per heavy atom. The van der Waals surface area contributed by atoms with E-state index in [0.717, 1.165) is 16.7 Å². The summed E-state index contributed by atoms with van der Waals surface area (Å²) in [4.78, 5) is 20.1. The zero-order valence-electron chi connectivity index (χ0n) is 14.7. The fourth-order valence-corrected chi connectivity index (χ4v) is 3.36. The van der Waals surface area contributed by atoms with Crippen LogP contribution in [-0.4, -0.2) is 27.6 Å². The van der Waals surface area contributed by atoms with Gasteiger partial charge in [0.25, 0.3) is 0 Å². The third-order valence-electron chi connectivity index (χ3n) is 5.01. The fraction of sp³-hybridized carbons (Fsp3) is 0.250. The lowest BCUT2D eigenvalue weighted by molar-refractivity contribution is -0.117. The molecule has 0 saturated heterocycles. The van der Waals surface area contributed by atoms with Crippen LogP contribution in [-0.2, 0) is 4.79 Å². The average molecular weight is 366 g/mol. The predicted molar refractivity (Wildman–Crippen MR) is 101 cm³/mol. The molecular formula is C20H19FN4O2. The van der Waals surface area contributed by atoms with E-state index in [1.54, 1.807) is 24.5 Å². The van der Waals surface area contributed by atoms with Crippen LogP contribution in [0, 0.1) is 24.7 Å². The Labute approximate surface area is 155 Å². The van der Waals surface area contributed by atoms with Gasteiger partial charge in [-0.1, -0.05) is 0 Å². The summed E-state index contributed by atoms with van der Waals surface area (Å²) < 4.78 is 14.5. The molecule has 1 aliphatic rings. The summed E-state index contributed by atoms with van der Waals surface area (Å²) >= 11 is 0. The van der Waals surface area contributed by atoms with Crippen molar-refractivity contribution in [2.75, 3.05) is 17.7 Å². The van der Waals surface area contributed by atoms with Gasteiger partial charge in [-0.25, -0.2) is 4.98 Å². The van der Waals surface area contributed by atoms with Crippen molar-refractivity contribution in [3.63, 3.8) is 0 Å². The lowest BCUT2D eigenvalue weighted by Gasteiger charge is -2.11.